The van der Waals surface area contributed by atoms with Crippen LogP contribution in [0, 0.1) is 0 Å². The molecule has 0 N–H and O–H groups in total. The summed E-state index contributed by atoms with van der Waals surface area (Å²) in [4.78, 5) is 18.4. The predicted octanol–water partition coefficient (Wildman–Crippen LogP) is 2.28. The first-order valence-corrected chi connectivity index (χ1v) is 7.02. The number of hydrogen-bond donors (Lipinski definition) is 0. The molecule has 3 rings (SSSR count). The van der Waals surface area contributed by atoms with Crippen molar-refractivity contribution >= 4 is 5.91 Å². The van der Waals surface area contributed by atoms with Crippen LogP contribution in [0.3, 0.4) is 0 Å². The van der Waals surface area contributed by atoms with Gasteiger partial charge in [-0.2, -0.15) is 5.10 Å². The van der Waals surface area contributed by atoms with E-state index in [2.05, 4.69) is 17.0 Å². The molecule has 1 unspecified atom stereocenters. The van der Waals surface area contributed by atoms with Gasteiger partial charge in [0.25, 0.3) is 5.91 Å². The van der Waals surface area contributed by atoms with Crippen LogP contribution in [0.2, 0.25) is 0 Å². The Labute approximate surface area is 118 Å². The molecule has 1 aromatic carbocycles. The molecule has 1 fully saturated rings. The third kappa shape index (κ3) is 2.43. The van der Waals surface area contributed by atoms with Gasteiger partial charge in [0.1, 0.15) is 12.7 Å². The smallest absolute Gasteiger partial charge is 0.254 e. The predicted molar refractivity (Wildman–Crippen MR) is 75.7 cm³/mol. The van der Waals surface area contributed by atoms with Crippen LogP contribution >= 0.6 is 0 Å². The van der Waals surface area contributed by atoms with Gasteiger partial charge in [-0.05, 0) is 50.5 Å². The number of rotatable bonds is 2. The minimum absolute atomic E-state index is 0.127. The molecule has 1 saturated heterocycles. The van der Waals surface area contributed by atoms with Crippen LogP contribution in [0.25, 0.3) is 5.69 Å². The fourth-order valence-electron chi connectivity index (χ4n) is 2.66. The number of nitrogens with zero attached hydrogens (tertiary/aromatic N) is 4. The summed E-state index contributed by atoms with van der Waals surface area (Å²) in [7, 11) is 0. The van der Waals surface area contributed by atoms with E-state index in [0.29, 0.717) is 6.04 Å². The molecule has 1 aromatic heterocycles. The maximum Gasteiger partial charge on any atom is 0.254 e. The molecule has 5 heteroatoms. The summed E-state index contributed by atoms with van der Waals surface area (Å²) < 4.78 is 1.68. The Morgan fingerprint density at radius 2 is 2.05 bits per heavy atom. The highest BCUT2D eigenvalue weighted by Gasteiger charge is 2.23. The van der Waals surface area contributed by atoms with Gasteiger partial charge in [0.2, 0.25) is 0 Å². The summed E-state index contributed by atoms with van der Waals surface area (Å²) in [5, 5.41) is 4.07. The Morgan fingerprint density at radius 3 is 2.70 bits per heavy atom. The Balaban J connectivity index is 1.78. The van der Waals surface area contributed by atoms with Gasteiger partial charge < -0.3 is 4.90 Å². The van der Waals surface area contributed by atoms with Gasteiger partial charge in [-0.1, -0.05) is 0 Å². The van der Waals surface area contributed by atoms with Crippen LogP contribution in [0.4, 0.5) is 0 Å². The number of benzene rings is 1. The molecule has 1 aliphatic rings. The van der Waals surface area contributed by atoms with E-state index >= 15 is 0 Å². The van der Waals surface area contributed by atoms with Crippen LogP contribution in [-0.4, -0.2) is 38.2 Å². The SMILES string of the molecule is CC1CCCCN1C(=O)c1ccc(-n2cncn2)cc1. The van der Waals surface area contributed by atoms with Gasteiger partial charge in [0.15, 0.2) is 0 Å². The van der Waals surface area contributed by atoms with Gasteiger partial charge in [-0.3, -0.25) is 4.79 Å². The number of amides is 1. The number of likely N-dealkylation sites (tertiary alicyclic amines) is 1. The average Bonchev–Trinajstić information content (AvgIpc) is 3.01. The Morgan fingerprint density at radius 1 is 1.25 bits per heavy atom. The molecule has 0 saturated carbocycles. The standard InChI is InChI=1S/C15H18N4O/c1-12-4-2-3-9-18(12)15(20)13-5-7-14(8-6-13)19-11-16-10-17-19/h5-8,10-12H,2-4,9H2,1H3. The zero-order valence-electron chi connectivity index (χ0n) is 11.6. The van der Waals surface area contributed by atoms with E-state index < -0.39 is 0 Å². The molecular weight excluding hydrogens is 252 g/mol. The lowest BCUT2D eigenvalue weighted by Crippen LogP contribution is -2.42. The van der Waals surface area contributed by atoms with Crippen LogP contribution in [0.1, 0.15) is 36.5 Å². The second-order valence-corrected chi connectivity index (χ2v) is 5.23. The summed E-state index contributed by atoms with van der Waals surface area (Å²) in [5.41, 5.74) is 1.65. The molecule has 0 bridgehead atoms. The molecule has 1 atom stereocenters. The Hall–Kier alpha value is -2.17. The van der Waals surface area contributed by atoms with Crippen molar-refractivity contribution in [3.8, 4) is 5.69 Å². The number of piperidine rings is 1. The number of hydrogen-bond acceptors (Lipinski definition) is 3. The van der Waals surface area contributed by atoms with Gasteiger partial charge in [0, 0.05) is 18.2 Å². The summed E-state index contributed by atoms with van der Waals surface area (Å²) in [6.07, 6.45) is 6.56. The van der Waals surface area contributed by atoms with E-state index in [1.807, 2.05) is 29.2 Å². The highest BCUT2D eigenvalue weighted by atomic mass is 16.2. The van der Waals surface area contributed by atoms with Crippen molar-refractivity contribution in [2.75, 3.05) is 6.54 Å². The van der Waals surface area contributed by atoms with Gasteiger partial charge >= 0.3 is 0 Å². The second-order valence-electron chi connectivity index (χ2n) is 5.23. The average molecular weight is 270 g/mol. The molecule has 2 heterocycles. The first kappa shape index (κ1) is 12.8. The lowest BCUT2D eigenvalue weighted by Gasteiger charge is -2.33. The zero-order chi connectivity index (χ0) is 13.9. The van der Waals surface area contributed by atoms with Crippen molar-refractivity contribution in [3.63, 3.8) is 0 Å². The zero-order valence-corrected chi connectivity index (χ0v) is 11.6. The quantitative estimate of drug-likeness (QED) is 0.841. The first-order chi connectivity index (χ1) is 9.75. The first-order valence-electron chi connectivity index (χ1n) is 7.02. The Kier molecular flexibility index (Phi) is 3.50. The summed E-state index contributed by atoms with van der Waals surface area (Å²) >= 11 is 0. The lowest BCUT2D eigenvalue weighted by molar-refractivity contribution is 0.0635. The molecule has 5 nitrogen and oxygen atoms in total. The van der Waals surface area contributed by atoms with Crippen molar-refractivity contribution in [1.29, 1.82) is 0 Å². The minimum atomic E-state index is 0.127. The normalized spacial score (nSPS) is 19.1. The van der Waals surface area contributed by atoms with E-state index in [0.717, 1.165) is 30.6 Å². The van der Waals surface area contributed by atoms with E-state index in [4.69, 9.17) is 0 Å². The van der Waals surface area contributed by atoms with Crippen LogP contribution in [-0.2, 0) is 0 Å². The van der Waals surface area contributed by atoms with E-state index in [-0.39, 0.29) is 5.91 Å². The summed E-state index contributed by atoms with van der Waals surface area (Å²) in [6.45, 7) is 2.99. The van der Waals surface area contributed by atoms with Crippen molar-refractivity contribution in [3.05, 3.63) is 42.5 Å². The van der Waals surface area contributed by atoms with Gasteiger partial charge in [-0.25, -0.2) is 9.67 Å². The molecular formula is C15H18N4O. The van der Waals surface area contributed by atoms with Crippen LogP contribution < -0.4 is 0 Å². The molecule has 104 valence electrons. The number of aromatic nitrogens is 3. The van der Waals surface area contributed by atoms with Crippen molar-refractivity contribution in [2.24, 2.45) is 0 Å². The van der Waals surface area contributed by atoms with Gasteiger partial charge in [0.05, 0.1) is 5.69 Å². The maximum absolute atomic E-state index is 12.5. The van der Waals surface area contributed by atoms with E-state index in [1.165, 1.54) is 12.7 Å². The molecule has 1 aliphatic heterocycles. The molecule has 20 heavy (non-hydrogen) atoms. The highest BCUT2D eigenvalue weighted by molar-refractivity contribution is 5.94. The third-order valence-electron chi connectivity index (χ3n) is 3.86. The highest BCUT2D eigenvalue weighted by Crippen LogP contribution is 2.19. The van der Waals surface area contributed by atoms with Crippen molar-refractivity contribution in [2.45, 2.75) is 32.2 Å². The van der Waals surface area contributed by atoms with E-state index in [9.17, 15) is 4.79 Å². The monoisotopic (exact) mass is 270 g/mol. The van der Waals surface area contributed by atoms with Crippen molar-refractivity contribution < 1.29 is 4.79 Å². The molecule has 0 spiro atoms. The third-order valence-corrected chi connectivity index (χ3v) is 3.86. The second kappa shape index (κ2) is 5.45. The van der Waals surface area contributed by atoms with Crippen LogP contribution in [0.15, 0.2) is 36.9 Å². The topological polar surface area (TPSA) is 51.0 Å². The maximum atomic E-state index is 12.5. The minimum Gasteiger partial charge on any atom is -0.336 e. The molecule has 0 radical (unpaired) electrons. The summed E-state index contributed by atoms with van der Waals surface area (Å²) in [5.74, 6) is 0.127. The lowest BCUT2D eigenvalue weighted by atomic mass is 10.0. The van der Waals surface area contributed by atoms with Gasteiger partial charge in [-0.15, -0.1) is 0 Å². The van der Waals surface area contributed by atoms with Crippen LogP contribution in [0.5, 0.6) is 0 Å². The number of carbonyl (C=O) groups is 1. The summed E-state index contributed by atoms with van der Waals surface area (Å²) in [6, 6.07) is 7.86. The largest absolute Gasteiger partial charge is 0.336 e. The van der Waals surface area contributed by atoms with E-state index in [1.54, 1.807) is 11.0 Å². The number of carbonyl (C=O) groups excluding carboxylic acids is 1. The fourth-order valence-corrected chi connectivity index (χ4v) is 2.66. The van der Waals surface area contributed by atoms with Crippen molar-refractivity contribution in [1.82, 2.24) is 19.7 Å². The molecule has 0 aliphatic carbocycles. The fraction of sp³-hybridized carbons (Fsp3) is 0.400. The Bertz CT molecular complexity index is 576. The molecule has 2 aromatic rings. The molecule has 1 amide bonds.